The van der Waals surface area contributed by atoms with Crippen LogP contribution >= 0.6 is 0 Å². The molecule has 294 valence electrons. The molecule has 4 atom stereocenters. The monoisotopic (exact) mass is 698 g/mol. The van der Waals surface area contributed by atoms with E-state index >= 15 is 0 Å². The molecule has 5 N–H and O–H groups in total. The van der Waals surface area contributed by atoms with Gasteiger partial charge in [0.2, 0.25) is 5.91 Å². The molecule has 0 aliphatic heterocycles. The summed E-state index contributed by atoms with van der Waals surface area (Å²) in [5.74, 6) is -0.585. The molecule has 0 saturated carbocycles. The van der Waals surface area contributed by atoms with Crippen molar-refractivity contribution in [3.63, 3.8) is 0 Å². The van der Waals surface area contributed by atoms with E-state index < -0.39 is 36.9 Å². The summed E-state index contributed by atoms with van der Waals surface area (Å²) in [6.07, 6.45) is 40.2. The fourth-order valence-electron chi connectivity index (χ4n) is 7.05. The first-order chi connectivity index (χ1) is 24.0. The second-order valence-electron chi connectivity index (χ2n) is 15.4. The Labute approximate surface area is 305 Å². The summed E-state index contributed by atoms with van der Waals surface area (Å²) >= 11 is 0. The van der Waals surface area contributed by atoms with E-state index in [1.165, 1.54) is 173 Å². The van der Waals surface area contributed by atoms with Crippen molar-refractivity contribution in [1.82, 2.24) is 5.32 Å². The average Bonchev–Trinajstić information content (AvgIpc) is 3.11. The van der Waals surface area contributed by atoms with Crippen molar-refractivity contribution < 1.29 is 25.2 Å². The maximum Gasteiger partial charge on any atom is 0.249 e. The van der Waals surface area contributed by atoms with Gasteiger partial charge >= 0.3 is 0 Å². The number of hydrogen-bond donors (Lipinski definition) is 5. The van der Waals surface area contributed by atoms with Gasteiger partial charge in [-0.2, -0.15) is 0 Å². The molecule has 0 aromatic heterocycles. The first-order valence-corrected chi connectivity index (χ1v) is 21.9. The molecule has 0 rings (SSSR count). The highest BCUT2D eigenvalue weighted by atomic mass is 16.3. The van der Waals surface area contributed by atoms with Gasteiger partial charge in [0.15, 0.2) is 0 Å². The minimum atomic E-state index is -1.25. The lowest BCUT2D eigenvalue weighted by Gasteiger charge is -2.27. The first kappa shape index (κ1) is 48.3. The summed E-state index contributed by atoms with van der Waals surface area (Å²) in [7, 11) is 0. The first-order valence-electron chi connectivity index (χ1n) is 21.9. The number of nitrogens with one attached hydrogen (secondary N) is 1. The quantitative estimate of drug-likeness (QED) is 0.0409. The second-order valence-corrected chi connectivity index (χ2v) is 15.4. The summed E-state index contributed by atoms with van der Waals surface area (Å²) in [4.78, 5) is 12.4. The molecule has 0 aromatic rings. The van der Waals surface area contributed by atoms with Crippen molar-refractivity contribution in [3.8, 4) is 0 Å². The van der Waals surface area contributed by atoms with E-state index in [1.807, 2.05) is 0 Å². The highest BCUT2D eigenvalue weighted by Crippen LogP contribution is 2.17. The van der Waals surface area contributed by atoms with Gasteiger partial charge < -0.3 is 25.7 Å². The fourth-order valence-corrected chi connectivity index (χ4v) is 7.05. The minimum absolute atomic E-state index is 0.372. The van der Waals surface area contributed by atoms with Crippen LogP contribution in [0.15, 0.2) is 0 Å². The number of rotatable bonds is 40. The van der Waals surface area contributed by atoms with E-state index in [0.717, 1.165) is 38.5 Å². The van der Waals surface area contributed by atoms with Crippen LogP contribution in [-0.4, -0.2) is 57.3 Å². The third kappa shape index (κ3) is 32.9. The largest absolute Gasteiger partial charge is 0.394 e. The van der Waals surface area contributed by atoms with Crippen LogP contribution in [0.25, 0.3) is 0 Å². The van der Waals surface area contributed by atoms with Crippen LogP contribution in [0.3, 0.4) is 0 Å². The fraction of sp³-hybridized carbons (Fsp3) is 0.977. The molecular weight excluding hydrogens is 610 g/mol. The minimum Gasteiger partial charge on any atom is -0.394 e. The molecule has 4 unspecified atom stereocenters. The van der Waals surface area contributed by atoms with Crippen LogP contribution in [0.5, 0.6) is 0 Å². The standard InChI is InChI=1S/C43H87NO5/c1-3-5-7-9-11-13-14-15-16-17-18-19-20-21-22-23-24-25-26-27-28-29-31-32-34-36-40(46)42(48)39(38-45)44-43(49)41(47)37-35-33-30-12-10-8-6-4-2/h39-42,45-48H,3-38H2,1-2H3,(H,44,49). The lowest BCUT2D eigenvalue weighted by Crippen LogP contribution is -2.53. The number of hydrogen-bond acceptors (Lipinski definition) is 5. The Kier molecular flexibility index (Phi) is 38.0. The molecule has 0 bridgehead atoms. The summed E-state index contributed by atoms with van der Waals surface area (Å²) in [5, 5.41) is 43.5. The molecule has 1 amide bonds. The van der Waals surface area contributed by atoms with Crippen LogP contribution in [0.1, 0.15) is 239 Å². The molecule has 0 aromatic carbocycles. The Morgan fingerprint density at radius 2 is 0.694 bits per heavy atom. The summed E-state index contributed by atoms with van der Waals surface area (Å²) in [6, 6.07) is -0.977. The lowest BCUT2D eigenvalue weighted by atomic mass is 9.99. The molecule has 0 saturated heterocycles. The van der Waals surface area contributed by atoms with E-state index in [9.17, 15) is 25.2 Å². The predicted octanol–water partition coefficient (Wildman–Crippen LogP) is 11.2. The van der Waals surface area contributed by atoms with Crippen molar-refractivity contribution in [1.29, 1.82) is 0 Å². The number of unbranched alkanes of at least 4 members (excludes halogenated alkanes) is 31. The SMILES string of the molecule is CCCCCCCCCCCCCCCCCCCCCCCCCCCC(O)C(O)C(CO)NC(=O)C(O)CCCCCCCCCC. The van der Waals surface area contributed by atoms with Crippen LogP contribution < -0.4 is 5.32 Å². The van der Waals surface area contributed by atoms with Crippen molar-refractivity contribution in [2.24, 2.45) is 0 Å². The Morgan fingerprint density at radius 1 is 0.429 bits per heavy atom. The molecule has 0 fully saturated rings. The van der Waals surface area contributed by atoms with Gasteiger partial charge in [0.05, 0.1) is 18.8 Å². The Balaban J connectivity index is 3.58. The topological polar surface area (TPSA) is 110 Å². The van der Waals surface area contributed by atoms with Gasteiger partial charge in [0.1, 0.15) is 12.2 Å². The van der Waals surface area contributed by atoms with Gasteiger partial charge in [-0.15, -0.1) is 0 Å². The van der Waals surface area contributed by atoms with Crippen LogP contribution in [0.2, 0.25) is 0 Å². The van der Waals surface area contributed by atoms with Gasteiger partial charge in [0.25, 0.3) is 0 Å². The molecule has 6 heteroatoms. The van der Waals surface area contributed by atoms with Crippen LogP contribution in [0, 0.1) is 0 Å². The lowest BCUT2D eigenvalue weighted by molar-refractivity contribution is -0.132. The van der Waals surface area contributed by atoms with E-state index in [1.54, 1.807) is 0 Å². The molecule has 0 aliphatic rings. The predicted molar refractivity (Wildman–Crippen MR) is 210 cm³/mol. The Hall–Kier alpha value is -0.690. The van der Waals surface area contributed by atoms with Gasteiger partial charge in [-0.3, -0.25) is 4.79 Å². The van der Waals surface area contributed by atoms with Crippen LogP contribution in [0.4, 0.5) is 0 Å². The molecule has 0 heterocycles. The van der Waals surface area contributed by atoms with E-state index in [2.05, 4.69) is 19.2 Å². The maximum absolute atomic E-state index is 12.4. The molecular formula is C43H87NO5. The molecule has 0 spiro atoms. The average molecular weight is 698 g/mol. The van der Waals surface area contributed by atoms with Crippen molar-refractivity contribution in [3.05, 3.63) is 0 Å². The zero-order valence-electron chi connectivity index (χ0n) is 33.0. The normalized spacial score (nSPS) is 14.2. The summed E-state index contributed by atoms with van der Waals surface area (Å²) < 4.78 is 0. The molecule has 0 radical (unpaired) electrons. The molecule has 6 nitrogen and oxygen atoms in total. The molecule has 0 aliphatic carbocycles. The highest BCUT2D eigenvalue weighted by molar-refractivity contribution is 5.80. The highest BCUT2D eigenvalue weighted by Gasteiger charge is 2.28. The molecule has 49 heavy (non-hydrogen) atoms. The van der Waals surface area contributed by atoms with E-state index in [-0.39, 0.29) is 0 Å². The van der Waals surface area contributed by atoms with Crippen LogP contribution in [-0.2, 0) is 4.79 Å². The van der Waals surface area contributed by atoms with Gasteiger partial charge in [-0.05, 0) is 12.8 Å². The number of aliphatic hydroxyl groups excluding tert-OH is 4. The third-order valence-corrected chi connectivity index (χ3v) is 10.6. The maximum atomic E-state index is 12.4. The van der Waals surface area contributed by atoms with Crippen molar-refractivity contribution in [2.75, 3.05) is 6.61 Å². The van der Waals surface area contributed by atoms with Crippen molar-refractivity contribution >= 4 is 5.91 Å². The van der Waals surface area contributed by atoms with E-state index in [0.29, 0.717) is 12.8 Å². The number of carbonyl (C=O) groups excluding carboxylic acids is 1. The smallest absolute Gasteiger partial charge is 0.249 e. The zero-order chi connectivity index (χ0) is 36.0. The third-order valence-electron chi connectivity index (χ3n) is 10.6. The van der Waals surface area contributed by atoms with Gasteiger partial charge in [0, 0.05) is 0 Å². The van der Waals surface area contributed by atoms with Crippen molar-refractivity contribution in [2.45, 2.75) is 263 Å². The number of carbonyl (C=O) groups is 1. The zero-order valence-corrected chi connectivity index (χ0v) is 33.0. The Morgan fingerprint density at radius 3 is 0.980 bits per heavy atom. The number of amides is 1. The van der Waals surface area contributed by atoms with E-state index in [4.69, 9.17) is 0 Å². The van der Waals surface area contributed by atoms with Gasteiger partial charge in [-0.1, -0.05) is 226 Å². The summed E-state index contributed by atoms with van der Waals surface area (Å²) in [6.45, 7) is 4.02. The summed E-state index contributed by atoms with van der Waals surface area (Å²) in [5.41, 5.74) is 0. The second kappa shape index (κ2) is 38.5. The Bertz CT molecular complexity index is 662. The van der Waals surface area contributed by atoms with Gasteiger partial charge in [-0.25, -0.2) is 0 Å². The number of aliphatic hydroxyl groups is 4.